The lowest BCUT2D eigenvalue weighted by Crippen LogP contribution is -2.09. The number of hydrogen-bond donors (Lipinski definition) is 0. The minimum absolute atomic E-state index is 0.184. The number of carbonyl (C=O) groups excluding carboxylic acids is 2. The first kappa shape index (κ1) is 23.0. The second-order valence-electron chi connectivity index (χ2n) is 8.14. The molecule has 0 saturated carbocycles. The second-order valence-corrected chi connectivity index (χ2v) is 8.14. The molecule has 0 bridgehead atoms. The molecule has 182 valence electrons. The van der Waals surface area contributed by atoms with Crippen molar-refractivity contribution in [3.05, 3.63) is 83.2 Å². The topological polar surface area (TPSA) is 85.2 Å². The number of aryl methyl sites for hydroxylation is 1. The number of allylic oxidation sites excluding steroid dienone is 1. The highest BCUT2D eigenvalue weighted by atomic mass is 16.5. The van der Waals surface area contributed by atoms with Crippen molar-refractivity contribution in [3.8, 4) is 28.7 Å². The van der Waals surface area contributed by atoms with Gasteiger partial charge in [0.1, 0.15) is 17.2 Å². The maximum atomic E-state index is 13.0. The van der Waals surface area contributed by atoms with Crippen LogP contribution in [-0.2, 0) is 7.05 Å². The molecule has 0 amide bonds. The number of benzene rings is 3. The summed E-state index contributed by atoms with van der Waals surface area (Å²) in [5.74, 6) is 1.56. The number of ether oxygens (including phenoxy) is 5. The monoisotopic (exact) mass is 485 g/mol. The van der Waals surface area contributed by atoms with Crippen molar-refractivity contribution in [1.29, 1.82) is 0 Å². The molecule has 0 unspecified atom stereocenters. The number of esters is 1. The third-order valence-electron chi connectivity index (χ3n) is 5.99. The first-order valence-electron chi connectivity index (χ1n) is 11.1. The van der Waals surface area contributed by atoms with E-state index in [1.54, 1.807) is 37.5 Å². The van der Waals surface area contributed by atoms with Gasteiger partial charge in [-0.05, 0) is 54.6 Å². The Hall–Kier alpha value is -4.72. The van der Waals surface area contributed by atoms with Gasteiger partial charge in [0.05, 0.1) is 32.5 Å². The highest BCUT2D eigenvalue weighted by Crippen LogP contribution is 2.36. The van der Waals surface area contributed by atoms with Crippen LogP contribution in [0.1, 0.15) is 26.3 Å². The van der Waals surface area contributed by atoms with Gasteiger partial charge >= 0.3 is 5.97 Å². The zero-order valence-electron chi connectivity index (χ0n) is 20.2. The minimum Gasteiger partial charge on any atom is -0.497 e. The largest absolute Gasteiger partial charge is 0.497 e. The van der Waals surface area contributed by atoms with Crippen LogP contribution in [0.5, 0.6) is 28.7 Å². The summed E-state index contributed by atoms with van der Waals surface area (Å²) in [6.45, 7) is 0. The van der Waals surface area contributed by atoms with Crippen molar-refractivity contribution in [1.82, 2.24) is 4.57 Å². The first-order valence-corrected chi connectivity index (χ1v) is 11.1. The van der Waals surface area contributed by atoms with Crippen LogP contribution < -0.4 is 23.7 Å². The maximum absolute atomic E-state index is 13.0. The molecule has 0 radical (unpaired) electrons. The fourth-order valence-electron chi connectivity index (χ4n) is 4.14. The Kier molecular flexibility index (Phi) is 5.85. The number of nitrogens with zero attached hydrogens (tertiary/aromatic N) is 1. The number of fused-ring (bicyclic) bond motifs is 2. The lowest BCUT2D eigenvalue weighted by molar-refractivity contribution is 0.0734. The third kappa shape index (κ3) is 4.02. The number of Topliss-reactive ketones (excluding diaryl/α,β-unsaturated/α-hetero) is 1. The van der Waals surface area contributed by atoms with Crippen LogP contribution >= 0.6 is 0 Å². The van der Waals surface area contributed by atoms with Gasteiger partial charge in [-0.1, -0.05) is 0 Å². The molecule has 1 aromatic heterocycles. The molecule has 1 aliphatic rings. The van der Waals surface area contributed by atoms with Gasteiger partial charge in [0.15, 0.2) is 17.3 Å². The van der Waals surface area contributed by atoms with Crippen LogP contribution in [-0.4, -0.2) is 37.6 Å². The number of ketones is 1. The van der Waals surface area contributed by atoms with E-state index in [0.29, 0.717) is 22.8 Å². The molecular weight excluding hydrogens is 462 g/mol. The zero-order chi connectivity index (χ0) is 25.4. The maximum Gasteiger partial charge on any atom is 0.343 e. The Balaban J connectivity index is 1.40. The van der Waals surface area contributed by atoms with Gasteiger partial charge in [-0.2, -0.15) is 0 Å². The van der Waals surface area contributed by atoms with Crippen LogP contribution in [0, 0.1) is 0 Å². The summed E-state index contributed by atoms with van der Waals surface area (Å²) in [6.07, 6.45) is 3.63. The molecule has 8 nitrogen and oxygen atoms in total. The smallest absolute Gasteiger partial charge is 0.343 e. The van der Waals surface area contributed by atoms with E-state index in [0.717, 1.165) is 22.2 Å². The highest BCUT2D eigenvalue weighted by Gasteiger charge is 2.28. The summed E-state index contributed by atoms with van der Waals surface area (Å²) in [5, 5.41) is 0.932. The van der Waals surface area contributed by atoms with Crippen molar-refractivity contribution >= 4 is 28.7 Å². The number of carbonyl (C=O) groups is 2. The van der Waals surface area contributed by atoms with E-state index in [4.69, 9.17) is 23.7 Å². The predicted molar refractivity (Wildman–Crippen MR) is 133 cm³/mol. The molecule has 0 N–H and O–H groups in total. The Morgan fingerprint density at radius 3 is 2.42 bits per heavy atom. The molecule has 4 aromatic rings. The number of aromatic nitrogens is 1. The summed E-state index contributed by atoms with van der Waals surface area (Å²) < 4.78 is 29.2. The van der Waals surface area contributed by atoms with Crippen LogP contribution in [0.25, 0.3) is 17.0 Å². The van der Waals surface area contributed by atoms with E-state index in [9.17, 15) is 9.59 Å². The standard InChI is InChI=1S/C28H23NO7/c1-29-15-17(21-13-18(32-2)7-9-22(21)29)12-26-27(30)20-8-6-19(14-24(20)36-26)35-28(31)16-5-10-23(33-3)25(11-16)34-4/h5-15H,1-4H3. The van der Waals surface area contributed by atoms with Crippen molar-refractivity contribution < 1.29 is 33.3 Å². The van der Waals surface area contributed by atoms with Gasteiger partial charge in [-0.25, -0.2) is 4.79 Å². The average Bonchev–Trinajstić information content (AvgIpc) is 3.38. The molecular formula is C28H23NO7. The fraction of sp³-hybridized carbons (Fsp3) is 0.143. The van der Waals surface area contributed by atoms with Gasteiger partial charge in [0.2, 0.25) is 5.78 Å². The van der Waals surface area contributed by atoms with E-state index in [1.807, 2.05) is 36.0 Å². The molecule has 0 spiro atoms. The van der Waals surface area contributed by atoms with Gasteiger partial charge in [0, 0.05) is 35.8 Å². The van der Waals surface area contributed by atoms with Crippen molar-refractivity contribution in [2.45, 2.75) is 0 Å². The van der Waals surface area contributed by atoms with Crippen LogP contribution in [0.2, 0.25) is 0 Å². The number of rotatable bonds is 6. The van der Waals surface area contributed by atoms with Gasteiger partial charge in [-0.3, -0.25) is 4.79 Å². The van der Waals surface area contributed by atoms with Gasteiger partial charge < -0.3 is 28.3 Å². The Morgan fingerprint density at radius 1 is 0.889 bits per heavy atom. The molecule has 36 heavy (non-hydrogen) atoms. The van der Waals surface area contributed by atoms with Crippen molar-refractivity contribution in [2.24, 2.45) is 7.05 Å². The molecule has 0 atom stereocenters. The third-order valence-corrected chi connectivity index (χ3v) is 5.99. The van der Waals surface area contributed by atoms with E-state index in [2.05, 4.69) is 0 Å². The van der Waals surface area contributed by atoms with Crippen LogP contribution in [0.3, 0.4) is 0 Å². The lowest BCUT2D eigenvalue weighted by atomic mass is 10.1. The molecule has 2 heterocycles. The quantitative estimate of drug-likeness (QED) is 0.215. The molecule has 0 fully saturated rings. The van der Waals surface area contributed by atoms with Gasteiger partial charge in [0.25, 0.3) is 0 Å². The summed E-state index contributed by atoms with van der Waals surface area (Å²) >= 11 is 0. The van der Waals surface area contributed by atoms with Crippen molar-refractivity contribution in [2.75, 3.05) is 21.3 Å². The van der Waals surface area contributed by atoms with Crippen LogP contribution in [0.15, 0.2) is 66.6 Å². The first-order chi connectivity index (χ1) is 17.4. The SMILES string of the molecule is COc1ccc2c(c1)c(C=C1Oc3cc(OC(=O)c4ccc(OC)c(OC)c4)ccc3C1=O)cn2C. The van der Waals surface area contributed by atoms with Gasteiger partial charge in [-0.15, -0.1) is 0 Å². The molecule has 5 rings (SSSR count). The highest BCUT2D eigenvalue weighted by molar-refractivity contribution is 6.15. The Bertz CT molecular complexity index is 1550. The molecule has 1 aliphatic heterocycles. The molecule has 3 aromatic carbocycles. The summed E-state index contributed by atoms with van der Waals surface area (Å²) in [6, 6.07) is 15.2. The second kappa shape index (κ2) is 9.14. The average molecular weight is 485 g/mol. The number of methoxy groups -OCH3 is 3. The van der Waals surface area contributed by atoms with Crippen LogP contribution in [0.4, 0.5) is 0 Å². The lowest BCUT2D eigenvalue weighted by Gasteiger charge is -2.10. The summed E-state index contributed by atoms with van der Waals surface area (Å²) in [5.41, 5.74) is 2.50. The summed E-state index contributed by atoms with van der Waals surface area (Å²) in [4.78, 5) is 25.7. The Labute approximate surface area is 207 Å². The molecule has 0 aliphatic carbocycles. The Morgan fingerprint density at radius 2 is 1.67 bits per heavy atom. The van der Waals surface area contributed by atoms with Crippen molar-refractivity contribution in [3.63, 3.8) is 0 Å². The summed E-state index contributed by atoms with van der Waals surface area (Å²) in [7, 11) is 6.54. The number of hydrogen-bond acceptors (Lipinski definition) is 7. The minimum atomic E-state index is -0.583. The van der Waals surface area contributed by atoms with E-state index >= 15 is 0 Å². The van der Waals surface area contributed by atoms with E-state index in [-0.39, 0.29) is 22.9 Å². The molecule has 8 heteroatoms. The zero-order valence-corrected chi connectivity index (χ0v) is 20.2. The normalized spacial score (nSPS) is 13.4. The predicted octanol–water partition coefficient (Wildman–Crippen LogP) is 5.04. The van der Waals surface area contributed by atoms with E-state index < -0.39 is 5.97 Å². The van der Waals surface area contributed by atoms with E-state index in [1.165, 1.54) is 26.4 Å². The fourth-order valence-corrected chi connectivity index (χ4v) is 4.14. The molecule has 0 saturated heterocycles.